The van der Waals surface area contributed by atoms with Gasteiger partial charge in [-0.2, -0.15) is 0 Å². The lowest BCUT2D eigenvalue weighted by Gasteiger charge is -2.31. The van der Waals surface area contributed by atoms with Gasteiger partial charge in [-0.15, -0.1) is 0 Å². The zero-order chi connectivity index (χ0) is 16.8. The fourth-order valence-electron chi connectivity index (χ4n) is 2.48. The molecular formula is C18H29NO3. The maximum atomic E-state index is 8.11. The number of hydrogen-bond acceptors (Lipinski definition) is 4. The molecule has 0 aromatic heterocycles. The van der Waals surface area contributed by atoms with Crippen LogP contribution >= 0.6 is 0 Å². The highest BCUT2D eigenvalue weighted by Crippen LogP contribution is 2.35. The van der Waals surface area contributed by atoms with Gasteiger partial charge in [-0.3, -0.25) is 0 Å². The van der Waals surface area contributed by atoms with E-state index in [1.165, 1.54) is 16.8 Å². The molecule has 0 atom stereocenters. The molecule has 0 aliphatic carbocycles. The van der Waals surface area contributed by atoms with Crippen LogP contribution in [0.3, 0.4) is 0 Å². The van der Waals surface area contributed by atoms with Crippen LogP contribution in [0.15, 0.2) is 24.3 Å². The number of aliphatic hydroxyl groups excluding tert-OH is 1. The van der Waals surface area contributed by atoms with Gasteiger partial charge in [-0.05, 0) is 57.9 Å². The third-order valence-electron chi connectivity index (χ3n) is 3.31. The maximum Gasteiger partial charge on any atom is 0.151 e. The number of benzene rings is 1. The molecule has 0 spiro atoms. The molecule has 3 N–H and O–H groups in total. The first-order valence-electron chi connectivity index (χ1n) is 7.90. The molecule has 0 amide bonds. The summed E-state index contributed by atoms with van der Waals surface area (Å²) in [6.45, 7) is 11.1. The summed E-state index contributed by atoms with van der Waals surface area (Å²) >= 11 is 0. The lowest BCUT2D eigenvalue weighted by molar-refractivity contribution is -0.0453. The summed E-state index contributed by atoms with van der Waals surface area (Å²) in [4.78, 5) is 0. The van der Waals surface area contributed by atoms with E-state index in [1.807, 2.05) is 19.9 Å². The second-order valence-electron chi connectivity index (χ2n) is 6.08. The molecule has 0 radical (unpaired) electrons. The van der Waals surface area contributed by atoms with E-state index >= 15 is 0 Å². The molecule has 0 bridgehead atoms. The van der Waals surface area contributed by atoms with E-state index < -0.39 is 6.29 Å². The van der Waals surface area contributed by atoms with Crippen LogP contribution in [0, 0.1) is 0 Å². The Bertz CT molecular complexity index is 507. The SMILES string of the molecule is CCCC(O)O.CCOc1ccc2c(c1)C(C)=CC(C)(C)N2. The Kier molecular flexibility index (Phi) is 6.91. The lowest BCUT2D eigenvalue weighted by atomic mass is 9.91. The summed E-state index contributed by atoms with van der Waals surface area (Å²) in [6, 6.07) is 6.22. The molecule has 1 aliphatic rings. The van der Waals surface area contributed by atoms with Crippen molar-refractivity contribution in [2.45, 2.75) is 59.3 Å². The number of ether oxygens (including phenoxy) is 1. The first-order chi connectivity index (χ1) is 10.3. The first-order valence-corrected chi connectivity index (χ1v) is 7.90. The number of hydrogen-bond donors (Lipinski definition) is 3. The molecule has 2 rings (SSSR count). The average Bonchev–Trinajstić information content (AvgIpc) is 2.39. The fraction of sp³-hybridized carbons (Fsp3) is 0.556. The standard InChI is InChI=1S/C14H19NO.C4H10O2/c1-5-16-11-6-7-13-12(8-11)10(2)9-14(3,4)15-13;1-2-3-4(5)6/h6-9,15H,5H2,1-4H3;4-6H,2-3H2,1H3. The molecule has 4 nitrogen and oxygen atoms in total. The second-order valence-corrected chi connectivity index (χ2v) is 6.08. The van der Waals surface area contributed by atoms with Crippen molar-refractivity contribution in [3.63, 3.8) is 0 Å². The molecule has 1 aromatic carbocycles. The van der Waals surface area contributed by atoms with E-state index in [2.05, 4.69) is 44.3 Å². The summed E-state index contributed by atoms with van der Waals surface area (Å²) in [6.07, 6.45) is 2.47. The number of aliphatic hydroxyl groups is 2. The van der Waals surface area contributed by atoms with E-state index in [0.717, 1.165) is 12.2 Å². The molecule has 0 saturated carbocycles. The largest absolute Gasteiger partial charge is 0.494 e. The molecule has 0 unspecified atom stereocenters. The van der Waals surface area contributed by atoms with Gasteiger partial charge in [0.2, 0.25) is 0 Å². The smallest absolute Gasteiger partial charge is 0.151 e. The van der Waals surface area contributed by atoms with Gasteiger partial charge in [-0.1, -0.05) is 19.4 Å². The van der Waals surface area contributed by atoms with Crippen molar-refractivity contribution < 1.29 is 14.9 Å². The topological polar surface area (TPSA) is 61.7 Å². The van der Waals surface area contributed by atoms with Crippen molar-refractivity contribution in [2.24, 2.45) is 0 Å². The van der Waals surface area contributed by atoms with Gasteiger partial charge in [0.25, 0.3) is 0 Å². The summed E-state index contributed by atoms with van der Waals surface area (Å²) in [5.74, 6) is 0.940. The van der Waals surface area contributed by atoms with Gasteiger partial charge in [0.1, 0.15) is 5.75 Å². The minimum absolute atomic E-state index is 0.0320. The quantitative estimate of drug-likeness (QED) is 0.741. The Hall–Kier alpha value is -1.52. The predicted molar refractivity (Wildman–Crippen MR) is 92.1 cm³/mol. The highest BCUT2D eigenvalue weighted by atomic mass is 16.5. The van der Waals surface area contributed by atoms with Crippen LogP contribution < -0.4 is 10.1 Å². The third kappa shape index (κ3) is 5.70. The molecule has 1 aromatic rings. The Morgan fingerprint density at radius 1 is 1.23 bits per heavy atom. The summed E-state index contributed by atoms with van der Waals surface area (Å²) in [5.41, 5.74) is 3.77. The van der Waals surface area contributed by atoms with Gasteiger partial charge >= 0.3 is 0 Å². The summed E-state index contributed by atoms with van der Waals surface area (Å²) < 4.78 is 5.52. The van der Waals surface area contributed by atoms with Crippen molar-refractivity contribution in [3.8, 4) is 5.75 Å². The predicted octanol–water partition coefficient (Wildman–Crippen LogP) is 3.79. The molecule has 1 heterocycles. The van der Waals surface area contributed by atoms with E-state index in [0.29, 0.717) is 13.0 Å². The van der Waals surface area contributed by atoms with Gasteiger partial charge in [0.15, 0.2) is 6.29 Å². The van der Waals surface area contributed by atoms with E-state index in [4.69, 9.17) is 14.9 Å². The molecule has 1 aliphatic heterocycles. The van der Waals surface area contributed by atoms with Gasteiger partial charge in [0, 0.05) is 11.3 Å². The fourth-order valence-corrected chi connectivity index (χ4v) is 2.48. The Morgan fingerprint density at radius 2 is 1.91 bits per heavy atom. The van der Waals surface area contributed by atoms with Crippen molar-refractivity contribution in [1.82, 2.24) is 0 Å². The van der Waals surface area contributed by atoms with Crippen LogP contribution in [0.25, 0.3) is 5.57 Å². The minimum Gasteiger partial charge on any atom is -0.494 e. The van der Waals surface area contributed by atoms with E-state index in [1.54, 1.807) is 0 Å². The third-order valence-corrected chi connectivity index (χ3v) is 3.31. The summed E-state index contributed by atoms with van der Waals surface area (Å²) in [5, 5.41) is 19.7. The van der Waals surface area contributed by atoms with Crippen LogP contribution in [0.1, 0.15) is 53.0 Å². The molecule has 0 saturated heterocycles. The molecule has 4 heteroatoms. The van der Waals surface area contributed by atoms with Crippen LogP contribution in [-0.2, 0) is 0 Å². The van der Waals surface area contributed by atoms with Crippen molar-refractivity contribution >= 4 is 11.3 Å². The second kappa shape index (κ2) is 8.20. The Labute approximate surface area is 133 Å². The average molecular weight is 307 g/mol. The maximum absolute atomic E-state index is 8.11. The highest BCUT2D eigenvalue weighted by molar-refractivity contribution is 5.80. The number of rotatable bonds is 4. The van der Waals surface area contributed by atoms with Gasteiger partial charge < -0.3 is 20.3 Å². The number of nitrogens with one attached hydrogen (secondary N) is 1. The lowest BCUT2D eigenvalue weighted by Crippen LogP contribution is -2.31. The molecule has 0 fully saturated rings. The first kappa shape index (κ1) is 18.5. The number of fused-ring (bicyclic) bond motifs is 1. The van der Waals surface area contributed by atoms with Crippen molar-refractivity contribution in [1.29, 1.82) is 0 Å². The van der Waals surface area contributed by atoms with Crippen LogP contribution in [0.4, 0.5) is 5.69 Å². The minimum atomic E-state index is -1.10. The summed E-state index contributed by atoms with van der Waals surface area (Å²) in [7, 11) is 0. The zero-order valence-corrected chi connectivity index (χ0v) is 14.3. The molecule has 22 heavy (non-hydrogen) atoms. The van der Waals surface area contributed by atoms with Crippen LogP contribution in [-0.4, -0.2) is 28.6 Å². The van der Waals surface area contributed by atoms with Crippen molar-refractivity contribution in [2.75, 3.05) is 11.9 Å². The molecular weight excluding hydrogens is 278 g/mol. The normalized spacial score (nSPS) is 15.2. The van der Waals surface area contributed by atoms with Crippen LogP contribution in [0.2, 0.25) is 0 Å². The molecule has 124 valence electrons. The number of anilines is 1. The monoisotopic (exact) mass is 307 g/mol. The Morgan fingerprint density at radius 3 is 2.41 bits per heavy atom. The van der Waals surface area contributed by atoms with Crippen LogP contribution in [0.5, 0.6) is 5.75 Å². The van der Waals surface area contributed by atoms with E-state index in [-0.39, 0.29) is 5.54 Å². The van der Waals surface area contributed by atoms with Gasteiger partial charge in [0.05, 0.1) is 12.1 Å². The van der Waals surface area contributed by atoms with Gasteiger partial charge in [-0.25, -0.2) is 0 Å². The van der Waals surface area contributed by atoms with E-state index in [9.17, 15) is 0 Å². The zero-order valence-electron chi connectivity index (χ0n) is 14.3. The Balaban J connectivity index is 0.000000346. The van der Waals surface area contributed by atoms with Crippen molar-refractivity contribution in [3.05, 3.63) is 29.8 Å². The number of allylic oxidation sites excluding steroid dienone is 1. The highest BCUT2D eigenvalue weighted by Gasteiger charge is 2.22.